The minimum absolute atomic E-state index is 0.0280. The average molecular weight is 448 g/mol. The van der Waals surface area contributed by atoms with Gasteiger partial charge < -0.3 is 5.32 Å². The molecule has 1 aromatic carbocycles. The highest BCUT2D eigenvalue weighted by molar-refractivity contribution is 7.93. The summed E-state index contributed by atoms with van der Waals surface area (Å²) < 4.78 is 66.3. The Morgan fingerprint density at radius 3 is 2.45 bits per heavy atom. The van der Waals surface area contributed by atoms with E-state index in [1.54, 1.807) is 19.9 Å². The number of anilines is 2. The van der Waals surface area contributed by atoms with Crippen molar-refractivity contribution in [2.24, 2.45) is 5.92 Å². The van der Waals surface area contributed by atoms with Gasteiger partial charge in [0.05, 0.1) is 16.7 Å². The molecule has 0 spiro atoms. The molecular formula is C19H30FN3O4S2. The molecule has 1 aliphatic carbocycles. The Labute approximate surface area is 173 Å². The smallest absolute Gasteiger partial charge is 0.235 e. The van der Waals surface area contributed by atoms with Crippen molar-refractivity contribution in [3.05, 3.63) is 24.0 Å². The molecule has 29 heavy (non-hydrogen) atoms. The molecule has 1 saturated carbocycles. The Bertz CT molecular complexity index is 927. The van der Waals surface area contributed by atoms with Gasteiger partial charge in [-0.3, -0.25) is 4.31 Å². The minimum Gasteiger partial charge on any atom is -0.385 e. The molecule has 2 fully saturated rings. The summed E-state index contributed by atoms with van der Waals surface area (Å²) in [5.41, 5.74) is 0.918. The molecule has 2 N–H and O–H groups in total. The third kappa shape index (κ3) is 5.61. The molecule has 164 valence electrons. The van der Waals surface area contributed by atoms with Crippen LogP contribution in [0.2, 0.25) is 0 Å². The van der Waals surface area contributed by atoms with E-state index in [-0.39, 0.29) is 11.8 Å². The van der Waals surface area contributed by atoms with Gasteiger partial charge in [0.25, 0.3) is 0 Å². The summed E-state index contributed by atoms with van der Waals surface area (Å²) in [6.45, 7) is 4.35. The number of nitrogens with zero attached hydrogens (tertiary/aromatic N) is 1. The number of sulfonamides is 2. The lowest BCUT2D eigenvalue weighted by Crippen LogP contribution is -2.41. The van der Waals surface area contributed by atoms with Crippen molar-refractivity contribution in [2.75, 3.05) is 28.5 Å². The van der Waals surface area contributed by atoms with Crippen LogP contribution in [0.3, 0.4) is 0 Å². The van der Waals surface area contributed by atoms with Crippen LogP contribution in [0.1, 0.15) is 46.0 Å². The summed E-state index contributed by atoms with van der Waals surface area (Å²) in [5, 5.41) is 2.79. The van der Waals surface area contributed by atoms with Gasteiger partial charge in [0.1, 0.15) is 5.82 Å². The van der Waals surface area contributed by atoms with Gasteiger partial charge in [0, 0.05) is 24.8 Å². The summed E-state index contributed by atoms with van der Waals surface area (Å²) in [7, 11) is -6.61. The summed E-state index contributed by atoms with van der Waals surface area (Å²) in [5.74, 6) is -0.0215. The van der Waals surface area contributed by atoms with Crippen molar-refractivity contribution in [1.29, 1.82) is 0 Å². The highest BCUT2D eigenvalue weighted by Gasteiger charge is 2.29. The van der Waals surface area contributed by atoms with Gasteiger partial charge in [0.15, 0.2) is 0 Å². The van der Waals surface area contributed by atoms with Crippen molar-refractivity contribution >= 4 is 31.4 Å². The fraction of sp³-hybridized carbons (Fsp3) is 0.684. The van der Waals surface area contributed by atoms with Crippen molar-refractivity contribution in [3.63, 3.8) is 0 Å². The number of hydrogen-bond acceptors (Lipinski definition) is 5. The average Bonchev–Trinajstić information content (AvgIpc) is 2.99. The van der Waals surface area contributed by atoms with Crippen LogP contribution in [0.25, 0.3) is 0 Å². The van der Waals surface area contributed by atoms with Crippen molar-refractivity contribution in [1.82, 2.24) is 4.72 Å². The van der Waals surface area contributed by atoms with E-state index in [1.165, 1.54) is 16.4 Å². The third-order valence-corrected chi connectivity index (χ3v) is 9.44. The number of benzene rings is 1. The second-order valence-electron chi connectivity index (χ2n) is 8.25. The van der Waals surface area contributed by atoms with Gasteiger partial charge >= 0.3 is 0 Å². The van der Waals surface area contributed by atoms with Crippen molar-refractivity contribution in [3.8, 4) is 0 Å². The van der Waals surface area contributed by atoms with Crippen LogP contribution in [0, 0.1) is 11.7 Å². The minimum atomic E-state index is -3.35. The second-order valence-corrected chi connectivity index (χ2v) is 12.5. The lowest BCUT2D eigenvalue weighted by Gasteiger charge is -2.30. The highest BCUT2D eigenvalue weighted by Crippen LogP contribution is 2.29. The molecule has 3 rings (SSSR count). The van der Waals surface area contributed by atoms with E-state index in [9.17, 15) is 21.2 Å². The van der Waals surface area contributed by atoms with Gasteiger partial charge in [0.2, 0.25) is 20.0 Å². The van der Waals surface area contributed by atoms with Gasteiger partial charge in [-0.1, -0.05) is 0 Å². The zero-order valence-electron chi connectivity index (χ0n) is 16.9. The topological polar surface area (TPSA) is 95.6 Å². The van der Waals surface area contributed by atoms with E-state index in [2.05, 4.69) is 10.0 Å². The van der Waals surface area contributed by atoms with Crippen LogP contribution in [0.4, 0.5) is 15.8 Å². The quantitative estimate of drug-likeness (QED) is 0.670. The number of rotatable bonds is 7. The van der Waals surface area contributed by atoms with Crippen molar-refractivity contribution < 1.29 is 21.2 Å². The van der Waals surface area contributed by atoms with E-state index in [4.69, 9.17) is 0 Å². The first-order chi connectivity index (χ1) is 13.6. The first kappa shape index (κ1) is 22.3. The molecule has 0 atom stereocenters. The van der Waals surface area contributed by atoms with Gasteiger partial charge in [-0.2, -0.15) is 0 Å². The largest absolute Gasteiger partial charge is 0.385 e. The molecule has 1 saturated heterocycles. The number of nitrogens with one attached hydrogen (secondary N) is 2. The molecular weight excluding hydrogens is 417 g/mol. The van der Waals surface area contributed by atoms with E-state index in [0.717, 1.165) is 25.7 Å². The first-order valence-corrected chi connectivity index (χ1v) is 13.3. The standard InChI is InChI=1S/C19H30FN3O4S2/c1-14(2)29(26,27)22-17-6-4-15(5-7-17)13-21-18-10-16(20)11-19(12-18)23-8-3-9-28(23,24)25/h10-12,14-15,17,21-22H,3-9,13H2,1-2H3. The molecule has 1 aromatic rings. The Morgan fingerprint density at radius 1 is 1.17 bits per heavy atom. The SMILES string of the molecule is CC(C)S(=O)(=O)NC1CCC(CNc2cc(F)cc(N3CCCS3(=O)=O)c2)CC1. The lowest BCUT2D eigenvalue weighted by atomic mass is 9.86. The van der Waals surface area contributed by atoms with Crippen LogP contribution < -0.4 is 14.3 Å². The Kier molecular flexibility index (Phi) is 6.74. The molecule has 1 heterocycles. The zero-order valence-corrected chi connectivity index (χ0v) is 18.5. The monoisotopic (exact) mass is 447 g/mol. The fourth-order valence-electron chi connectivity index (χ4n) is 3.86. The predicted molar refractivity (Wildman–Crippen MR) is 114 cm³/mol. The Morgan fingerprint density at radius 2 is 1.86 bits per heavy atom. The van der Waals surface area contributed by atoms with E-state index >= 15 is 0 Å². The predicted octanol–water partition coefficient (Wildman–Crippen LogP) is 2.66. The molecule has 7 nitrogen and oxygen atoms in total. The summed E-state index contributed by atoms with van der Waals surface area (Å²) in [4.78, 5) is 0. The molecule has 0 unspecified atom stereocenters. The van der Waals surface area contributed by atoms with Gasteiger partial charge in [-0.05, 0) is 70.1 Å². The van der Waals surface area contributed by atoms with Crippen LogP contribution in [0.15, 0.2) is 18.2 Å². The molecule has 0 radical (unpaired) electrons. The molecule has 10 heteroatoms. The van der Waals surface area contributed by atoms with E-state index < -0.39 is 31.1 Å². The van der Waals surface area contributed by atoms with Crippen LogP contribution >= 0.6 is 0 Å². The maximum absolute atomic E-state index is 14.0. The van der Waals surface area contributed by atoms with Crippen molar-refractivity contribution in [2.45, 2.75) is 57.2 Å². The van der Waals surface area contributed by atoms with E-state index in [0.29, 0.717) is 36.8 Å². The van der Waals surface area contributed by atoms with E-state index in [1.807, 2.05) is 0 Å². The summed E-state index contributed by atoms with van der Waals surface area (Å²) in [6, 6.07) is 4.27. The third-order valence-electron chi connectivity index (χ3n) is 5.66. The van der Waals surface area contributed by atoms with Gasteiger partial charge in [-0.25, -0.2) is 25.9 Å². The Balaban J connectivity index is 1.55. The Hall–Kier alpha value is -1.39. The molecule has 0 bridgehead atoms. The second kappa shape index (κ2) is 8.77. The zero-order chi connectivity index (χ0) is 21.2. The fourth-order valence-corrected chi connectivity index (χ4v) is 6.39. The highest BCUT2D eigenvalue weighted by atomic mass is 32.2. The van der Waals surface area contributed by atoms with Crippen LogP contribution in [-0.2, 0) is 20.0 Å². The molecule has 2 aliphatic rings. The first-order valence-electron chi connectivity index (χ1n) is 10.1. The van der Waals surface area contributed by atoms with Gasteiger partial charge in [-0.15, -0.1) is 0 Å². The number of hydrogen-bond donors (Lipinski definition) is 2. The normalized spacial score (nSPS) is 24.8. The van der Waals surface area contributed by atoms with Crippen LogP contribution in [-0.4, -0.2) is 47.0 Å². The maximum atomic E-state index is 14.0. The summed E-state index contributed by atoms with van der Waals surface area (Å²) >= 11 is 0. The maximum Gasteiger partial charge on any atom is 0.235 e. The summed E-state index contributed by atoms with van der Waals surface area (Å²) in [6.07, 6.45) is 3.85. The molecule has 1 aliphatic heterocycles. The number of halogens is 1. The van der Waals surface area contributed by atoms with Crippen LogP contribution in [0.5, 0.6) is 0 Å². The molecule has 0 amide bonds. The molecule has 0 aromatic heterocycles. The lowest BCUT2D eigenvalue weighted by molar-refractivity contribution is 0.323.